The summed E-state index contributed by atoms with van der Waals surface area (Å²) in [5.41, 5.74) is 0. The van der Waals surface area contributed by atoms with Crippen molar-refractivity contribution in [1.29, 1.82) is 0 Å². The summed E-state index contributed by atoms with van der Waals surface area (Å²) in [6.45, 7) is 7.62. The Morgan fingerprint density at radius 3 is 2.52 bits per heavy atom. The number of hydrogen-bond acceptors (Lipinski definition) is 4. The van der Waals surface area contributed by atoms with Crippen molar-refractivity contribution in [2.24, 2.45) is 5.92 Å². The molecule has 132 valence electrons. The molecule has 5 nitrogen and oxygen atoms in total. The van der Waals surface area contributed by atoms with Crippen LogP contribution in [0, 0.1) is 5.92 Å². The molecule has 0 saturated carbocycles. The average molecular weight is 363 g/mol. The Morgan fingerprint density at radius 1 is 1.17 bits per heavy atom. The molecule has 23 heavy (non-hydrogen) atoms. The van der Waals surface area contributed by atoms with Crippen molar-refractivity contribution in [2.45, 2.75) is 31.6 Å². The third-order valence-corrected chi connectivity index (χ3v) is 5.64. The summed E-state index contributed by atoms with van der Waals surface area (Å²) in [6, 6.07) is 6.75. The molecule has 1 fully saturated rings. The predicted octanol–water partition coefficient (Wildman–Crippen LogP) is 2.52. The van der Waals surface area contributed by atoms with Crippen molar-refractivity contribution in [3.8, 4) is 5.75 Å². The molecule has 1 saturated heterocycles. The Morgan fingerprint density at radius 2 is 1.87 bits per heavy atom. The van der Waals surface area contributed by atoms with Gasteiger partial charge in [-0.3, -0.25) is 0 Å². The van der Waals surface area contributed by atoms with Crippen LogP contribution in [0.2, 0.25) is 0 Å². The van der Waals surface area contributed by atoms with Crippen LogP contribution in [0.1, 0.15) is 26.7 Å². The first-order valence-corrected chi connectivity index (χ1v) is 9.38. The molecule has 1 aliphatic heterocycles. The van der Waals surface area contributed by atoms with E-state index in [-0.39, 0.29) is 12.4 Å². The summed E-state index contributed by atoms with van der Waals surface area (Å²) in [5, 5.41) is 3.22. The van der Waals surface area contributed by atoms with Crippen molar-refractivity contribution < 1.29 is 13.2 Å². The van der Waals surface area contributed by atoms with E-state index in [4.69, 9.17) is 4.74 Å². The molecule has 1 N–H and O–H groups in total. The molecular formula is C16H27ClN2O3S. The number of nitrogens with zero attached hydrogens (tertiary/aromatic N) is 1. The number of ether oxygens (including phenoxy) is 1. The molecule has 1 heterocycles. The van der Waals surface area contributed by atoms with Crippen molar-refractivity contribution in [2.75, 3.05) is 32.8 Å². The number of rotatable bonds is 6. The monoisotopic (exact) mass is 362 g/mol. The first-order valence-electron chi connectivity index (χ1n) is 7.94. The maximum Gasteiger partial charge on any atom is 0.243 e. The first kappa shape index (κ1) is 20.2. The van der Waals surface area contributed by atoms with E-state index in [2.05, 4.69) is 19.2 Å². The van der Waals surface area contributed by atoms with Gasteiger partial charge in [-0.05, 0) is 49.6 Å². The summed E-state index contributed by atoms with van der Waals surface area (Å²) < 4.78 is 32.4. The Hall–Kier alpha value is -0.820. The minimum atomic E-state index is -3.40. The molecule has 1 aromatic carbocycles. The second-order valence-electron chi connectivity index (χ2n) is 6.01. The Bertz CT molecular complexity index is 553. The summed E-state index contributed by atoms with van der Waals surface area (Å²) >= 11 is 0. The molecule has 1 aromatic rings. The van der Waals surface area contributed by atoms with Crippen molar-refractivity contribution in [1.82, 2.24) is 9.62 Å². The molecule has 0 unspecified atom stereocenters. The highest BCUT2D eigenvalue weighted by atomic mass is 35.5. The van der Waals surface area contributed by atoms with E-state index in [1.54, 1.807) is 28.6 Å². The predicted molar refractivity (Wildman–Crippen MR) is 94.9 cm³/mol. The number of nitrogens with one attached hydrogen (secondary N) is 1. The number of hydrogen-bond donors (Lipinski definition) is 1. The highest BCUT2D eigenvalue weighted by Gasteiger charge is 2.24. The lowest BCUT2D eigenvalue weighted by atomic mass is 10.1. The number of halogens is 1. The SMILES string of the molecule is CC(C)CCOc1ccc(S(=O)(=O)N2CCCNCC2)cc1.Cl. The van der Waals surface area contributed by atoms with Crippen LogP contribution in [-0.4, -0.2) is 45.5 Å². The lowest BCUT2D eigenvalue weighted by molar-refractivity contribution is 0.289. The van der Waals surface area contributed by atoms with Gasteiger partial charge in [0.05, 0.1) is 11.5 Å². The zero-order valence-corrected chi connectivity index (χ0v) is 15.5. The second-order valence-corrected chi connectivity index (χ2v) is 7.95. The maximum atomic E-state index is 12.6. The van der Waals surface area contributed by atoms with E-state index >= 15 is 0 Å². The standard InChI is InChI=1S/C16H26N2O3S.ClH/c1-14(2)8-13-21-15-4-6-16(7-5-15)22(19,20)18-11-3-9-17-10-12-18;/h4-7,14,17H,3,8-13H2,1-2H3;1H. The van der Waals surface area contributed by atoms with Gasteiger partial charge in [0.1, 0.15) is 5.75 Å². The fraction of sp³-hybridized carbons (Fsp3) is 0.625. The van der Waals surface area contributed by atoms with E-state index in [9.17, 15) is 8.42 Å². The van der Waals surface area contributed by atoms with E-state index in [0.717, 1.165) is 25.1 Å². The van der Waals surface area contributed by atoms with Gasteiger partial charge in [-0.15, -0.1) is 12.4 Å². The van der Waals surface area contributed by atoms with Crippen LogP contribution >= 0.6 is 12.4 Å². The van der Waals surface area contributed by atoms with Crippen LogP contribution in [0.25, 0.3) is 0 Å². The van der Waals surface area contributed by atoms with E-state index < -0.39 is 10.0 Å². The lowest BCUT2D eigenvalue weighted by Gasteiger charge is -2.19. The molecule has 0 spiro atoms. The third kappa shape index (κ3) is 5.95. The fourth-order valence-electron chi connectivity index (χ4n) is 2.33. The van der Waals surface area contributed by atoms with Crippen LogP contribution in [0.4, 0.5) is 0 Å². The third-order valence-electron chi connectivity index (χ3n) is 3.72. The Balaban J connectivity index is 0.00000264. The van der Waals surface area contributed by atoms with Gasteiger partial charge < -0.3 is 10.1 Å². The van der Waals surface area contributed by atoms with Crippen molar-refractivity contribution in [3.63, 3.8) is 0 Å². The molecular weight excluding hydrogens is 336 g/mol. The van der Waals surface area contributed by atoms with Gasteiger partial charge in [0, 0.05) is 19.6 Å². The second kappa shape index (κ2) is 9.47. The molecule has 1 aliphatic rings. The molecule has 7 heteroatoms. The highest BCUT2D eigenvalue weighted by molar-refractivity contribution is 7.89. The van der Waals surface area contributed by atoms with Crippen LogP contribution < -0.4 is 10.1 Å². The van der Waals surface area contributed by atoms with Gasteiger partial charge in [-0.25, -0.2) is 8.42 Å². The van der Waals surface area contributed by atoms with Gasteiger partial charge >= 0.3 is 0 Å². The molecule has 0 amide bonds. The smallest absolute Gasteiger partial charge is 0.243 e. The minimum absolute atomic E-state index is 0. The zero-order chi connectivity index (χ0) is 16.0. The number of benzene rings is 1. The van der Waals surface area contributed by atoms with E-state index in [1.165, 1.54) is 0 Å². The van der Waals surface area contributed by atoms with Gasteiger partial charge in [0.2, 0.25) is 10.0 Å². The normalized spacial score (nSPS) is 16.7. The quantitative estimate of drug-likeness (QED) is 0.844. The van der Waals surface area contributed by atoms with Crippen molar-refractivity contribution >= 4 is 22.4 Å². The number of sulfonamides is 1. The minimum Gasteiger partial charge on any atom is -0.494 e. The van der Waals surface area contributed by atoms with E-state index in [0.29, 0.717) is 37.1 Å². The fourth-order valence-corrected chi connectivity index (χ4v) is 3.81. The van der Waals surface area contributed by atoms with Crippen LogP contribution in [0.3, 0.4) is 0 Å². The molecule has 0 aromatic heterocycles. The summed E-state index contributed by atoms with van der Waals surface area (Å²) in [4.78, 5) is 0.339. The van der Waals surface area contributed by atoms with Gasteiger partial charge in [0.15, 0.2) is 0 Å². The maximum absolute atomic E-state index is 12.6. The highest BCUT2D eigenvalue weighted by Crippen LogP contribution is 2.20. The Labute approximate surface area is 145 Å². The molecule has 2 rings (SSSR count). The average Bonchev–Trinajstić information content (AvgIpc) is 2.77. The van der Waals surface area contributed by atoms with Gasteiger partial charge in [0.25, 0.3) is 0 Å². The van der Waals surface area contributed by atoms with Crippen LogP contribution in [0.5, 0.6) is 5.75 Å². The van der Waals surface area contributed by atoms with E-state index in [1.807, 2.05) is 0 Å². The Kier molecular flexibility index (Phi) is 8.33. The van der Waals surface area contributed by atoms with Crippen molar-refractivity contribution in [3.05, 3.63) is 24.3 Å². The van der Waals surface area contributed by atoms with Gasteiger partial charge in [-0.1, -0.05) is 13.8 Å². The molecule has 0 bridgehead atoms. The lowest BCUT2D eigenvalue weighted by Crippen LogP contribution is -2.34. The molecule has 0 aliphatic carbocycles. The van der Waals surface area contributed by atoms with Crippen LogP contribution in [0.15, 0.2) is 29.2 Å². The van der Waals surface area contributed by atoms with Gasteiger partial charge in [-0.2, -0.15) is 4.31 Å². The largest absolute Gasteiger partial charge is 0.494 e. The topological polar surface area (TPSA) is 58.6 Å². The zero-order valence-electron chi connectivity index (χ0n) is 13.8. The summed E-state index contributed by atoms with van der Waals surface area (Å²) in [6.07, 6.45) is 1.83. The molecule has 0 atom stereocenters. The summed E-state index contributed by atoms with van der Waals surface area (Å²) in [7, 11) is -3.40. The first-order chi connectivity index (χ1) is 10.5. The van der Waals surface area contributed by atoms with Crippen LogP contribution in [-0.2, 0) is 10.0 Å². The molecule has 0 radical (unpaired) electrons. The summed E-state index contributed by atoms with van der Waals surface area (Å²) in [5.74, 6) is 1.31.